The molecule has 0 saturated carbocycles. The van der Waals surface area contributed by atoms with Gasteiger partial charge < -0.3 is 9.47 Å². The van der Waals surface area contributed by atoms with Crippen LogP contribution in [-0.4, -0.2) is 20.0 Å². The van der Waals surface area contributed by atoms with Gasteiger partial charge in [-0.3, -0.25) is 0 Å². The van der Waals surface area contributed by atoms with Crippen LogP contribution < -0.4 is 0 Å². The summed E-state index contributed by atoms with van der Waals surface area (Å²) in [5.41, 5.74) is 0. The molecule has 0 N–H and O–H groups in total. The minimum absolute atomic E-state index is 0.450. The second-order valence-electron chi connectivity index (χ2n) is 3.66. The Hall–Kier alpha value is -0.340. The Balaban J connectivity index is 2.89. The third-order valence-corrected chi connectivity index (χ3v) is 2.14. The first-order valence-electron chi connectivity index (χ1n) is 6.22. The normalized spacial score (nSPS) is 11.3. The summed E-state index contributed by atoms with van der Waals surface area (Å²) in [6, 6.07) is 0. The van der Waals surface area contributed by atoms with Gasteiger partial charge in [0.05, 0.1) is 6.61 Å². The number of allylic oxidation sites excluding steroid dienone is 1. The Kier molecular flexibility index (Phi) is 13.4. The van der Waals surface area contributed by atoms with Gasteiger partial charge >= 0.3 is 0 Å². The van der Waals surface area contributed by atoms with Crippen molar-refractivity contribution in [2.75, 3.05) is 20.0 Å². The summed E-state index contributed by atoms with van der Waals surface area (Å²) in [7, 11) is 0. The number of unbranched alkanes of at least 4 members (excludes halogenated alkanes) is 3. The van der Waals surface area contributed by atoms with E-state index in [0.29, 0.717) is 6.79 Å². The molecular weight excluding hydrogens is 188 g/mol. The Morgan fingerprint density at radius 1 is 0.867 bits per heavy atom. The van der Waals surface area contributed by atoms with Crippen LogP contribution >= 0.6 is 0 Å². The van der Waals surface area contributed by atoms with Crippen molar-refractivity contribution in [3.63, 3.8) is 0 Å². The summed E-state index contributed by atoms with van der Waals surface area (Å²) in [5, 5.41) is 0. The Morgan fingerprint density at radius 2 is 1.67 bits per heavy atom. The molecule has 2 heteroatoms. The maximum absolute atomic E-state index is 5.34. The van der Waals surface area contributed by atoms with E-state index < -0.39 is 0 Å². The average Bonchev–Trinajstić information content (AvgIpc) is 2.26. The van der Waals surface area contributed by atoms with Crippen LogP contribution in [0.2, 0.25) is 0 Å². The van der Waals surface area contributed by atoms with Crippen molar-refractivity contribution < 1.29 is 9.47 Å². The van der Waals surface area contributed by atoms with Crippen LogP contribution in [0.5, 0.6) is 0 Å². The molecule has 0 aromatic carbocycles. The van der Waals surface area contributed by atoms with Crippen molar-refractivity contribution in [3.05, 3.63) is 12.2 Å². The van der Waals surface area contributed by atoms with E-state index in [1.165, 1.54) is 19.3 Å². The van der Waals surface area contributed by atoms with Gasteiger partial charge in [-0.25, -0.2) is 0 Å². The second-order valence-corrected chi connectivity index (χ2v) is 3.66. The fourth-order valence-corrected chi connectivity index (χ4v) is 1.24. The fourth-order valence-electron chi connectivity index (χ4n) is 1.24. The molecule has 0 radical (unpaired) electrons. The summed E-state index contributed by atoms with van der Waals surface area (Å²) in [5.74, 6) is 0. The number of hydrogen-bond donors (Lipinski definition) is 0. The zero-order valence-corrected chi connectivity index (χ0v) is 10.3. The highest BCUT2D eigenvalue weighted by Gasteiger charge is 1.89. The van der Waals surface area contributed by atoms with Gasteiger partial charge in [0.1, 0.15) is 6.79 Å². The van der Waals surface area contributed by atoms with Crippen molar-refractivity contribution in [3.8, 4) is 0 Å². The standard InChI is InChI=1S/C13H26O2/c1-3-5-7-9-11-14-13-15-12-10-8-6-4-2/h5,7H,3-4,6,8-13H2,1-2H3. The lowest BCUT2D eigenvalue weighted by atomic mass is 10.2. The molecule has 0 unspecified atom stereocenters. The van der Waals surface area contributed by atoms with Gasteiger partial charge in [-0.05, 0) is 19.3 Å². The van der Waals surface area contributed by atoms with Crippen LogP contribution in [0.1, 0.15) is 52.4 Å². The topological polar surface area (TPSA) is 18.5 Å². The third kappa shape index (κ3) is 13.7. The summed E-state index contributed by atoms with van der Waals surface area (Å²) in [6.07, 6.45) is 11.4. The summed E-state index contributed by atoms with van der Waals surface area (Å²) in [6.45, 7) is 6.41. The van der Waals surface area contributed by atoms with Crippen LogP contribution in [0.25, 0.3) is 0 Å². The molecular formula is C13H26O2. The summed E-state index contributed by atoms with van der Waals surface area (Å²) in [4.78, 5) is 0. The van der Waals surface area contributed by atoms with Crippen LogP contribution in [0, 0.1) is 0 Å². The van der Waals surface area contributed by atoms with E-state index in [-0.39, 0.29) is 0 Å². The predicted molar refractivity (Wildman–Crippen MR) is 65.0 cm³/mol. The second kappa shape index (κ2) is 13.7. The lowest BCUT2D eigenvalue weighted by molar-refractivity contribution is -0.0531. The van der Waals surface area contributed by atoms with Gasteiger partial charge in [-0.1, -0.05) is 45.3 Å². The van der Waals surface area contributed by atoms with E-state index in [1.54, 1.807) is 0 Å². The molecule has 15 heavy (non-hydrogen) atoms. The maximum Gasteiger partial charge on any atom is 0.146 e. The highest BCUT2D eigenvalue weighted by Crippen LogP contribution is 1.98. The molecule has 0 spiro atoms. The molecule has 0 heterocycles. The SMILES string of the molecule is CCC=CCCOCOCCCCCC. The lowest BCUT2D eigenvalue weighted by Crippen LogP contribution is -2.02. The molecule has 2 nitrogen and oxygen atoms in total. The van der Waals surface area contributed by atoms with Gasteiger partial charge in [0, 0.05) is 6.61 Å². The zero-order valence-electron chi connectivity index (χ0n) is 10.3. The lowest BCUT2D eigenvalue weighted by Gasteiger charge is -2.04. The summed E-state index contributed by atoms with van der Waals surface area (Å²) >= 11 is 0. The Morgan fingerprint density at radius 3 is 2.40 bits per heavy atom. The van der Waals surface area contributed by atoms with Gasteiger partial charge in [-0.15, -0.1) is 0 Å². The van der Waals surface area contributed by atoms with Gasteiger partial charge in [0.2, 0.25) is 0 Å². The predicted octanol–water partition coefficient (Wildman–Crippen LogP) is 3.91. The smallest absolute Gasteiger partial charge is 0.146 e. The van der Waals surface area contributed by atoms with E-state index in [4.69, 9.17) is 9.47 Å². The molecule has 90 valence electrons. The van der Waals surface area contributed by atoms with Crippen molar-refractivity contribution >= 4 is 0 Å². The van der Waals surface area contributed by atoms with Crippen LogP contribution in [0.3, 0.4) is 0 Å². The maximum atomic E-state index is 5.34. The first kappa shape index (κ1) is 14.7. The minimum atomic E-state index is 0.450. The van der Waals surface area contributed by atoms with Gasteiger partial charge in [0.15, 0.2) is 0 Å². The van der Waals surface area contributed by atoms with Gasteiger partial charge in [-0.2, -0.15) is 0 Å². The molecule has 0 aliphatic heterocycles. The third-order valence-electron chi connectivity index (χ3n) is 2.14. The van der Waals surface area contributed by atoms with E-state index in [2.05, 4.69) is 26.0 Å². The molecule has 0 bridgehead atoms. The quantitative estimate of drug-likeness (QED) is 0.295. The monoisotopic (exact) mass is 214 g/mol. The first-order chi connectivity index (χ1) is 7.41. The first-order valence-corrected chi connectivity index (χ1v) is 6.22. The molecule has 0 rings (SSSR count). The van der Waals surface area contributed by atoms with E-state index >= 15 is 0 Å². The molecule has 0 atom stereocenters. The molecule has 0 amide bonds. The Labute approximate surface area is 94.7 Å². The number of rotatable bonds is 11. The van der Waals surface area contributed by atoms with Crippen molar-refractivity contribution in [1.82, 2.24) is 0 Å². The van der Waals surface area contributed by atoms with Gasteiger partial charge in [0.25, 0.3) is 0 Å². The zero-order chi connectivity index (χ0) is 11.2. The molecule has 0 aliphatic rings. The molecule has 0 saturated heterocycles. The van der Waals surface area contributed by atoms with Crippen molar-refractivity contribution in [1.29, 1.82) is 0 Å². The fraction of sp³-hybridized carbons (Fsp3) is 0.846. The van der Waals surface area contributed by atoms with Crippen molar-refractivity contribution in [2.45, 2.75) is 52.4 Å². The highest BCUT2D eigenvalue weighted by atomic mass is 16.7. The average molecular weight is 214 g/mol. The van der Waals surface area contributed by atoms with Crippen LogP contribution in [0.15, 0.2) is 12.2 Å². The van der Waals surface area contributed by atoms with Crippen LogP contribution in [0.4, 0.5) is 0 Å². The highest BCUT2D eigenvalue weighted by molar-refractivity contribution is 4.79. The summed E-state index contributed by atoms with van der Waals surface area (Å²) < 4.78 is 10.7. The van der Waals surface area contributed by atoms with Crippen LogP contribution in [-0.2, 0) is 9.47 Å². The Bertz CT molecular complexity index is 132. The largest absolute Gasteiger partial charge is 0.355 e. The minimum Gasteiger partial charge on any atom is -0.355 e. The van der Waals surface area contributed by atoms with E-state index in [9.17, 15) is 0 Å². The molecule has 0 aromatic heterocycles. The number of hydrogen-bond acceptors (Lipinski definition) is 2. The van der Waals surface area contributed by atoms with E-state index in [0.717, 1.165) is 32.5 Å². The van der Waals surface area contributed by atoms with Crippen molar-refractivity contribution in [2.24, 2.45) is 0 Å². The molecule has 0 aliphatic carbocycles. The van der Waals surface area contributed by atoms with E-state index in [1.807, 2.05) is 0 Å². The molecule has 0 fully saturated rings. The molecule has 0 aromatic rings. The number of ether oxygens (including phenoxy) is 2.